The minimum atomic E-state index is -2.37. The monoisotopic (exact) mass is 680 g/mol. The van der Waals surface area contributed by atoms with E-state index in [0.717, 1.165) is 35.1 Å². The predicted molar refractivity (Wildman–Crippen MR) is 157 cm³/mol. The zero-order chi connectivity index (χ0) is 32.9. The summed E-state index contributed by atoms with van der Waals surface area (Å²) in [5.74, 6) is -6.73. The Morgan fingerprint density at radius 1 is 1.22 bits per heavy atom. The van der Waals surface area contributed by atoms with E-state index >= 15 is 0 Å². The van der Waals surface area contributed by atoms with Gasteiger partial charge in [0.2, 0.25) is 30.2 Å². The fourth-order valence-corrected chi connectivity index (χ4v) is 6.44. The molecule has 4 amide bonds. The van der Waals surface area contributed by atoms with Crippen molar-refractivity contribution in [3.8, 4) is 0 Å². The molecule has 0 aromatic carbocycles. The minimum Gasteiger partial charge on any atom is -0.479 e. The molecule has 20 nitrogen and oxygen atoms in total. The molecule has 2 aliphatic rings. The number of allylic oxidation sites excluding steroid dienone is 1. The maximum Gasteiger partial charge on any atom is 0.352 e. The summed E-state index contributed by atoms with van der Waals surface area (Å²) < 4.78 is 3.87. The summed E-state index contributed by atoms with van der Waals surface area (Å²) in [5, 5.41) is 33.1. The number of nitrogens with one attached hydrogen (secondary N) is 3. The van der Waals surface area contributed by atoms with Gasteiger partial charge in [-0.15, -0.1) is 23.1 Å². The predicted octanol–water partition coefficient (Wildman–Crippen LogP) is -1.63. The van der Waals surface area contributed by atoms with Gasteiger partial charge in [-0.3, -0.25) is 24.1 Å². The molecule has 1 unspecified atom stereocenters. The quantitative estimate of drug-likeness (QED) is 0.0429. The number of nitrogens with two attached hydrogens (primary N) is 1. The molecular formula is C22H20N10O10S3. The smallest absolute Gasteiger partial charge is 0.352 e. The second-order valence-corrected chi connectivity index (χ2v) is 11.1. The second-order valence-electron chi connectivity index (χ2n) is 8.42. The molecule has 0 spiro atoms. The summed E-state index contributed by atoms with van der Waals surface area (Å²) in [6.07, 6.45) is 1.62. The van der Waals surface area contributed by atoms with Crippen LogP contribution in [0.5, 0.6) is 0 Å². The largest absolute Gasteiger partial charge is 0.479 e. The molecule has 2 aliphatic heterocycles. The number of aliphatic carboxylic acids is 2. The summed E-state index contributed by atoms with van der Waals surface area (Å²) in [5.41, 5.74) is 1.74. The molecule has 0 bridgehead atoms. The second kappa shape index (κ2) is 13.5. The highest BCUT2D eigenvalue weighted by Crippen LogP contribution is 2.45. The average molecular weight is 681 g/mol. The highest BCUT2D eigenvalue weighted by Gasteiger charge is 2.67. The highest BCUT2D eigenvalue weighted by atomic mass is 32.2. The van der Waals surface area contributed by atoms with Crippen molar-refractivity contribution in [3.63, 3.8) is 0 Å². The number of β-lactam (4-membered cyclic amide) rings is 1. The zero-order valence-corrected chi connectivity index (χ0v) is 25.0. The molecule has 4 heterocycles. The molecule has 0 radical (unpaired) electrons. The van der Waals surface area contributed by atoms with Crippen molar-refractivity contribution < 1.29 is 48.7 Å². The molecular weight excluding hydrogens is 661 g/mol. The maximum atomic E-state index is 13.9. The number of nitrogen functional groups attached to an aromatic ring is 1. The van der Waals surface area contributed by atoms with Gasteiger partial charge in [0.25, 0.3) is 17.7 Å². The van der Waals surface area contributed by atoms with Gasteiger partial charge in [0.15, 0.2) is 16.0 Å². The molecule has 0 aliphatic carbocycles. The third kappa shape index (κ3) is 6.43. The van der Waals surface area contributed by atoms with Crippen LogP contribution in [-0.4, -0.2) is 107 Å². The van der Waals surface area contributed by atoms with Crippen LogP contribution in [0.1, 0.15) is 11.5 Å². The number of nitrogens with zero attached hydrogens (tertiary/aromatic N) is 6. The number of carbonyl (C=O) groups excluding carboxylic acids is 4. The van der Waals surface area contributed by atoms with Crippen molar-refractivity contribution in [3.05, 3.63) is 40.8 Å². The van der Waals surface area contributed by atoms with Crippen molar-refractivity contribution in [1.29, 1.82) is 0 Å². The van der Waals surface area contributed by atoms with Crippen LogP contribution >= 0.6 is 34.6 Å². The Balaban J connectivity index is 1.77. The number of amides is 4. The molecule has 1 fully saturated rings. The van der Waals surface area contributed by atoms with Gasteiger partial charge in [-0.1, -0.05) is 23.0 Å². The first-order valence-electron chi connectivity index (χ1n) is 11.9. The van der Waals surface area contributed by atoms with Gasteiger partial charge in [-0.25, -0.2) is 14.6 Å². The first-order chi connectivity index (χ1) is 21.5. The topological polar surface area (TPSA) is 290 Å². The van der Waals surface area contributed by atoms with Gasteiger partial charge in [0, 0.05) is 22.7 Å². The van der Waals surface area contributed by atoms with E-state index in [-0.39, 0.29) is 27.3 Å². The number of thiazole rings is 1. The Kier molecular flexibility index (Phi) is 9.73. The number of fused-ring (bicyclic) bond motifs is 1. The van der Waals surface area contributed by atoms with Crippen molar-refractivity contribution in [1.82, 2.24) is 29.9 Å². The van der Waals surface area contributed by atoms with E-state index < -0.39 is 70.2 Å². The van der Waals surface area contributed by atoms with Crippen LogP contribution < -0.4 is 21.7 Å². The summed E-state index contributed by atoms with van der Waals surface area (Å²) >= 11 is 2.58. The summed E-state index contributed by atoms with van der Waals surface area (Å²) in [6, 6.07) is 0. The summed E-state index contributed by atoms with van der Waals surface area (Å²) in [6.45, 7) is 2.62. The Labute approximate surface area is 263 Å². The van der Waals surface area contributed by atoms with Gasteiger partial charge < -0.3 is 41.6 Å². The Bertz CT molecular complexity index is 1680. The lowest BCUT2D eigenvalue weighted by atomic mass is 9.93. The fourth-order valence-electron chi connectivity index (χ4n) is 3.94. The summed E-state index contributed by atoms with van der Waals surface area (Å²) in [7, 11) is 1.13. The number of carboxylic acid groups (broad SMARTS) is 2. The van der Waals surface area contributed by atoms with Crippen LogP contribution in [0.2, 0.25) is 0 Å². The third-order valence-electron chi connectivity index (χ3n) is 5.71. The van der Waals surface area contributed by atoms with Crippen LogP contribution in [0.4, 0.5) is 10.3 Å². The molecule has 4 rings (SSSR count). The van der Waals surface area contributed by atoms with Crippen molar-refractivity contribution in [2.45, 2.75) is 11.0 Å². The van der Waals surface area contributed by atoms with Gasteiger partial charge in [0.1, 0.15) is 23.9 Å². The van der Waals surface area contributed by atoms with Crippen LogP contribution in [-0.2, 0) is 38.4 Å². The lowest BCUT2D eigenvalue weighted by Crippen LogP contribution is -2.86. The highest BCUT2D eigenvalue weighted by molar-refractivity contribution is 8.00. The molecule has 1 saturated heterocycles. The standard InChI is InChI=1S/C22H20N10O10S3/c1-3-8-5-43-19-22(18(40)32(19)13(8)17(38)39,27-15(36)11(29-41-2)9-6-44-21(25-9)24-7-33)28-16(37)12(30-42-4-10(34)35)14-26-20(23)45-31-14/h3,6-7,19H,1,4-5H2,2H3,(H,27,36)(H,28,37)(H,34,35)(H,38,39)(H2,23,26,31)(H,24,25,33)/t19-,22?/m0/s1. The number of carboxylic acids is 2. The molecule has 2 aromatic rings. The number of aromatic nitrogens is 3. The molecule has 23 heteroatoms. The maximum absolute atomic E-state index is 13.9. The number of carbonyl (C=O) groups is 6. The van der Waals surface area contributed by atoms with Gasteiger partial charge in [-0.05, 0) is 5.57 Å². The molecule has 0 saturated carbocycles. The van der Waals surface area contributed by atoms with E-state index in [1.54, 1.807) is 0 Å². The Morgan fingerprint density at radius 2 is 1.93 bits per heavy atom. The van der Waals surface area contributed by atoms with Crippen molar-refractivity contribution >= 4 is 92.4 Å². The third-order valence-corrected chi connectivity index (χ3v) is 8.39. The molecule has 2 aromatic heterocycles. The first kappa shape index (κ1) is 32.5. The van der Waals surface area contributed by atoms with Gasteiger partial charge >= 0.3 is 11.9 Å². The number of thioether (sulfide) groups is 1. The van der Waals surface area contributed by atoms with E-state index in [1.807, 2.05) is 0 Å². The normalized spacial score (nSPS) is 19.5. The van der Waals surface area contributed by atoms with Crippen LogP contribution in [0, 0.1) is 0 Å². The van der Waals surface area contributed by atoms with E-state index in [0.29, 0.717) is 17.9 Å². The lowest BCUT2D eigenvalue weighted by molar-refractivity contribution is -0.162. The van der Waals surface area contributed by atoms with E-state index in [2.05, 4.69) is 47.2 Å². The number of rotatable bonds is 14. The molecule has 236 valence electrons. The van der Waals surface area contributed by atoms with Crippen molar-refractivity contribution in [2.24, 2.45) is 10.3 Å². The number of hydrogen-bond acceptors (Lipinski definition) is 17. The zero-order valence-electron chi connectivity index (χ0n) is 22.6. The van der Waals surface area contributed by atoms with E-state index in [4.69, 9.17) is 20.5 Å². The molecule has 7 N–H and O–H groups in total. The van der Waals surface area contributed by atoms with Crippen LogP contribution in [0.3, 0.4) is 0 Å². The first-order valence-corrected chi connectivity index (χ1v) is 14.6. The van der Waals surface area contributed by atoms with E-state index in [9.17, 15) is 33.9 Å². The SMILES string of the molecule is C=CC1=C(C(=O)O)N2C(=O)C(NC(=O)C(=NOC)c3csc(NC=O)n3)(NC(=O)C(=NOCC(=O)O)c3nsc(N)n3)[C@@H]2SC1. The number of oxime groups is 2. The van der Waals surface area contributed by atoms with Crippen LogP contribution in [0.15, 0.2) is 39.6 Å². The number of anilines is 2. The van der Waals surface area contributed by atoms with Crippen molar-refractivity contribution in [2.75, 3.05) is 30.5 Å². The Morgan fingerprint density at radius 3 is 2.51 bits per heavy atom. The summed E-state index contributed by atoms with van der Waals surface area (Å²) in [4.78, 5) is 93.3. The Hall–Kier alpha value is -5.42. The minimum absolute atomic E-state index is 0.00570. The van der Waals surface area contributed by atoms with Gasteiger partial charge in [0.05, 0.1) is 0 Å². The fraction of sp³-hybridized carbons (Fsp3) is 0.227. The van der Waals surface area contributed by atoms with Gasteiger partial charge in [-0.2, -0.15) is 9.36 Å². The lowest BCUT2D eigenvalue weighted by Gasteiger charge is -2.56. The van der Waals surface area contributed by atoms with Crippen LogP contribution in [0.25, 0.3) is 0 Å². The molecule has 2 atom stereocenters. The average Bonchev–Trinajstić information content (AvgIpc) is 3.65. The number of hydrogen-bond donors (Lipinski definition) is 6. The van der Waals surface area contributed by atoms with E-state index in [1.165, 1.54) is 11.5 Å². The molecule has 45 heavy (non-hydrogen) atoms.